The van der Waals surface area contributed by atoms with Gasteiger partial charge in [-0.3, -0.25) is 0 Å². The molecule has 4 heteroatoms. The maximum absolute atomic E-state index is 11.7. The Kier molecular flexibility index (Phi) is 4.62. The van der Waals surface area contributed by atoms with E-state index in [-0.39, 0.29) is 12.0 Å². The molecule has 4 nitrogen and oxygen atoms in total. The summed E-state index contributed by atoms with van der Waals surface area (Å²) in [6.07, 6.45) is 0. The Morgan fingerprint density at radius 1 is 1.28 bits per heavy atom. The molecule has 18 heavy (non-hydrogen) atoms. The van der Waals surface area contributed by atoms with Gasteiger partial charge in [-0.2, -0.15) is 0 Å². The number of rotatable bonds is 3. The van der Waals surface area contributed by atoms with E-state index in [0.717, 1.165) is 0 Å². The van der Waals surface area contributed by atoms with Crippen molar-refractivity contribution in [1.82, 2.24) is 0 Å². The number of hydrogen-bond acceptors (Lipinski definition) is 4. The third kappa shape index (κ3) is 3.96. The first-order valence-corrected chi connectivity index (χ1v) is 5.90. The van der Waals surface area contributed by atoms with E-state index in [1.165, 1.54) is 5.56 Å². The zero-order valence-electron chi connectivity index (χ0n) is 11.4. The molecule has 1 aromatic rings. The summed E-state index contributed by atoms with van der Waals surface area (Å²) in [6, 6.07) is 7.35. The van der Waals surface area contributed by atoms with E-state index in [0.29, 0.717) is 11.3 Å². The number of oxime groups is 1. The summed E-state index contributed by atoms with van der Waals surface area (Å²) in [5.41, 5.74) is 7.64. The van der Waals surface area contributed by atoms with Crippen LogP contribution >= 0.6 is 0 Å². The van der Waals surface area contributed by atoms with E-state index in [4.69, 9.17) is 10.6 Å². The first kappa shape index (κ1) is 14.4. The van der Waals surface area contributed by atoms with Gasteiger partial charge in [-0.15, -0.1) is 0 Å². The summed E-state index contributed by atoms with van der Waals surface area (Å²) in [7, 11) is 0. The Bertz CT molecular complexity index is 442. The lowest BCUT2D eigenvalue weighted by Crippen LogP contribution is -2.13. The molecule has 1 rings (SSSR count). The third-order valence-corrected chi connectivity index (χ3v) is 2.57. The summed E-state index contributed by atoms with van der Waals surface area (Å²) in [4.78, 5) is 16.4. The van der Waals surface area contributed by atoms with Crippen molar-refractivity contribution in [3.05, 3.63) is 35.4 Å². The van der Waals surface area contributed by atoms with E-state index in [9.17, 15) is 4.79 Å². The van der Waals surface area contributed by atoms with Crippen LogP contribution in [0.25, 0.3) is 0 Å². The van der Waals surface area contributed by atoms with Crippen molar-refractivity contribution < 1.29 is 9.63 Å². The fourth-order valence-corrected chi connectivity index (χ4v) is 1.32. The van der Waals surface area contributed by atoms with Crippen molar-refractivity contribution in [3.63, 3.8) is 0 Å². The number of hydrogen-bond donors (Lipinski definition) is 1. The van der Waals surface area contributed by atoms with Crippen LogP contribution < -0.4 is 5.73 Å². The van der Waals surface area contributed by atoms with Crippen molar-refractivity contribution >= 4 is 11.7 Å². The van der Waals surface area contributed by atoms with Crippen molar-refractivity contribution in [1.29, 1.82) is 0 Å². The topological polar surface area (TPSA) is 64.7 Å². The molecule has 0 bridgehead atoms. The number of carbonyl (C=O) groups is 1. The average molecular weight is 248 g/mol. The molecule has 0 aliphatic heterocycles. The molecule has 0 heterocycles. The fourth-order valence-electron chi connectivity index (χ4n) is 1.32. The summed E-state index contributed by atoms with van der Waals surface area (Å²) < 4.78 is 0. The average Bonchev–Trinajstić information content (AvgIpc) is 2.34. The lowest BCUT2D eigenvalue weighted by Gasteiger charge is -2.18. The maximum atomic E-state index is 11.7. The van der Waals surface area contributed by atoms with Gasteiger partial charge in [0.2, 0.25) is 0 Å². The lowest BCUT2D eigenvalue weighted by atomic mass is 9.87. The number of benzene rings is 1. The van der Waals surface area contributed by atoms with Gasteiger partial charge in [-0.05, 0) is 30.0 Å². The number of carbonyl (C=O) groups excluding carboxylic acids is 1. The fraction of sp³-hybridized carbons (Fsp3) is 0.429. The number of nitrogens with zero attached hydrogens (tertiary/aromatic N) is 1. The second kappa shape index (κ2) is 5.78. The smallest absolute Gasteiger partial charge is 0.325 e. The lowest BCUT2D eigenvalue weighted by molar-refractivity contribution is 0.0515. The summed E-state index contributed by atoms with van der Waals surface area (Å²) in [6.45, 7) is 8.34. The van der Waals surface area contributed by atoms with Crippen LogP contribution in [0.15, 0.2) is 29.4 Å². The van der Waals surface area contributed by atoms with Gasteiger partial charge in [-0.25, -0.2) is 4.79 Å². The second-order valence-corrected chi connectivity index (χ2v) is 5.24. The van der Waals surface area contributed by atoms with Gasteiger partial charge in [0.25, 0.3) is 0 Å². The maximum Gasteiger partial charge on any atom is 0.365 e. The minimum Gasteiger partial charge on any atom is -0.325 e. The Balaban J connectivity index is 2.77. The molecule has 0 aromatic heterocycles. The van der Waals surface area contributed by atoms with E-state index in [1.807, 2.05) is 12.1 Å². The highest BCUT2D eigenvalue weighted by Gasteiger charge is 2.14. The molecular formula is C14H20N2O2. The Morgan fingerprint density at radius 3 is 2.28 bits per heavy atom. The highest BCUT2D eigenvalue weighted by atomic mass is 16.7. The van der Waals surface area contributed by atoms with Crippen LogP contribution in [-0.4, -0.2) is 18.2 Å². The van der Waals surface area contributed by atoms with Crippen LogP contribution in [0, 0.1) is 0 Å². The van der Waals surface area contributed by atoms with Gasteiger partial charge in [0.1, 0.15) is 0 Å². The Hall–Kier alpha value is -1.68. The zero-order valence-corrected chi connectivity index (χ0v) is 11.4. The van der Waals surface area contributed by atoms with Crippen LogP contribution in [0.1, 0.15) is 43.6 Å². The predicted molar refractivity (Wildman–Crippen MR) is 72.7 cm³/mol. The van der Waals surface area contributed by atoms with Crippen molar-refractivity contribution in [2.24, 2.45) is 10.9 Å². The van der Waals surface area contributed by atoms with Crippen molar-refractivity contribution in [3.8, 4) is 0 Å². The van der Waals surface area contributed by atoms with Crippen LogP contribution in [-0.2, 0) is 10.3 Å². The predicted octanol–water partition coefficient (Wildman–Crippen LogP) is 2.48. The first-order valence-electron chi connectivity index (χ1n) is 5.90. The normalized spacial score (nSPS) is 12.4. The van der Waals surface area contributed by atoms with E-state index < -0.39 is 5.97 Å². The molecule has 0 fully saturated rings. The van der Waals surface area contributed by atoms with Crippen LogP contribution in [0.4, 0.5) is 0 Å². The van der Waals surface area contributed by atoms with E-state index in [1.54, 1.807) is 19.1 Å². The zero-order chi connectivity index (χ0) is 13.8. The van der Waals surface area contributed by atoms with E-state index in [2.05, 4.69) is 25.9 Å². The summed E-state index contributed by atoms with van der Waals surface area (Å²) in [5.74, 6) is -0.469. The van der Waals surface area contributed by atoms with Crippen molar-refractivity contribution in [2.75, 3.05) is 6.54 Å². The van der Waals surface area contributed by atoms with Crippen molar-refractivity contribution in [2.45, 2.75) is 33.1 Å². The van der Waals surface area contributed by atoms with Crippen LogP contribution in [0.2, 0.25) is 0 Å². The highest BCUT2D eigenvalue weighted by Crippen LogP contribution is 2.22. The van der Waals surface area contributed by atoms with Gasteiger partial charge >= 0.3 is 5.97 Å². The Labute approximate surface area is 108 Å². The standard InChI is InChI=1S/C14H20N2O2/c1-10(9-15)16-18-13(17)11-5-7-12(8-6-11)14(2,3)4/h5-8H,9,15H2,1-4H3/b16-10+. The SMILES string of the molecule is C/C(CN)=N\OC(=O)c1ccc(C(C)(C)C)cc1. The Morgan fingerprint density at radius 2 is 1.83 bits per heavy atom. The van der Waals surface area contributed by atoms with Gasteiger partial charge in [0, 0.05) is 6.54 Å². The van der Waals surface area contributed by atoms with Crippen LogP contribution in [0.3, 0.4) is 0 Å². The first-order chi connectivity index (χ1) is 8.34. The molecule has 0 spiro atoms. The second-order valence-electron chi connectivity index (χ2n) is 5.24. The molecule has 0 amide bonds. The third-order valence-electron chi connectivity index (χ3n) is 2.57. The quantitative estimate of drug-likeness (QED) is 0.507. The largest absolute Gasteiger partial charge is 0.365 e. The molecule has 0 atom stereocenters. The molecule has 0 unspecified atom stereocenters. The van der Waals surface area contributed by atoms with Crippen LogP contribution in [0.5, 0.6) is 0 Å². The minimum absolute atomic E-state index is 0.0662. The number of nitrogens with two attached hydrogens (primary N) is 1. The highest BCUT2D eigenvalue weighted by molar-refractivity contribution is 5.90. The summed E-state index contributed by atoms with van der Waals surface area (Å²) in [5, 5.41) is 3.63. The van der Waals surface area contributed by atoms with Gasteiger partial charge in [-0.1, -0.05) is 38.1 Å². The molecule has 0 radical (unpaired) electrons. The molecular weight excluding hydrogens is 228 g/mol. The van der Waals surface area contributed by atoms with Gasteiger partial charge in [0.15, 0.2) is 0 Å². The molecule has 0 aliphatic carbocycles. The molecule has 0 aliphatic rings. The van der Waals surface area contributed by atoms with Gasteiger partial charge in [0.05, 0.1) is 11.3 Å². The molecule has 98 valence electrons. The summed E-state index contributed by atoms with van der Waals surface area (Å²) >= 11 is 0. The minimum atomic E-state index is -0.469. The monoisotopic (exact) mass is 248 g/mol. The van der Waals surface area contributed by atoms with E-state index >= 15 is 0 Å². The molecule has 0 saturated heterocycles. The molecule has 1 aromatic carbocycles. The molecule has 2 N–H and O–H groups in total. The van der Waals surface area contributed by atoms with Gasteiger partial charge < -0.3 is 10.6 Å². The molecule has 0 saturated carbocycles.